The van der Waals surface area contributed by atoms with Crippen LogP contribution in [0.5, 0.6) is 5.75 Å². The zero-order valence-electron chi connectivity index (χ0n) is 11.8. The zero-order valence-corrected chi connectivity index (χ0v) is 12.5. The summed E-state index contributed by atoms with van der Waals surface area (Å²) < 4.78 is 31.7. The topological polar surface area (TPSA) is 9.23 Å². The van der Waals surface area contributed by atoms with Gasteiger partial charge in [0, 0.05) is 11.9 Å². The fraction of sp³-hybridized carbons (Fsp3) is 0.294. The van der Waals surface area contributed by atoms with E-state index in [-0.39, 0.29) is 5.92 Å². The molecule has 0 aromatic heterocycles. The molecule has 0 saturated heterocycles. The number of alkyl halides is 1. The van der Waals surface area contributed by atoms with Gasteiger partial charge >= 0.3 is 0 Å². The van der Waals surface area contributed by atoms with E-state index >= 15 is 0 Å². The van der Waals surface area contributed by atoms with Crippen molar-refractivity contribution in [2.45, 2.75) is 12.8 Å². The summed E-state index contributed by atoms with van der Waals surface area (Å²) in [6, 6.07) is 11.4. The highest BCUT2D eigenvalue weighted by Crippen LogP contribution is 2.20. The second kappa shape index (κ2) is 7.41. The molecule has 0 heterocycles. The van der Waals surface area contributed by atoms with Gasteiger partial charge in [-0.1, -0.05) is 18.2 Å². The second-order valence-corrected chi connectivity index (χ2v) is 5.32. The summed E-state index contributed by atoms with van der Waals surface area (Å²) in [4.78, 5) is 0. The van der Waals surface area contributed by atoms with Crippen LogP contribution in [0, 0.1) is 17.6 Å². The standard InChI is InChI=1S/C17H17ClF2O/c1-21-16-6-2-12(3-7-16)8-13(11-18)9-14-4-5-15(19)10-17(14)20/h2-7,10,13H,8-9,11H2,1H3. The summed E-state index contributed by atoms with van der Waals surface area (Å²) in [5.74, 6) is 0.238. The van der Waals surface area contributed by atoms with E-state index in [9.17, 15) is 8.78 Å². The fourth-order valence-corrected chi connectivity index (χ4v) is 2.49. The van der Waals surface area contributed by atoms with Gasteiger partial charge in [-0.3, -0.25) is 0 Å². The summed E-state index contributed by atoms with van der Waals surface area (Å²) >= 11 is 5.99. The van der Waals surface area contributed by atoms with Crippen LogP contribution in [0.2, 0.25) is 0 Å². The Labute approximate surface area is 128 Å². The Bertz CT molecular complexity index is 584. The quantitative estimate of drug-likeness (QED) is 0.708. The molecule has 0 saturated carbocycles. The van der Waals surface area contributed by atoms with Crippen LogP contribution < -0.4 is 4.74 Å². The molecule has 0 radical (unpaired) electrons. The molecule has 2 aromatic carbocycles. The predicted octanol–water partition coefficient (Wildman–Crippen LogP) is 4.61. The van der Waals surface area contributed by atoms with Crippen LogP contribution in [0.15, 0.2) is 42.5 Å². The molecule has 0 spiro atoms. The zero-order chi connectivity index (χ0) is 15.2. The minimum absolute atomic E-state index is 0.0972. The number of halogens is 3. The van der Waals surface area contributed by atoms with Gasteiger partial charge in [-0.25, -0.2) is 8.78 Å². The van der Waals surface area contributed by atoms with Gasteiger partial charge in [0.2, 0.25) is 0 Å². The molecule has 2 rings (SSSR count). The van der Waals surface area contributed by atoms with Crippen molar-refractivity contribution in [3.63, 3.8) is 0 Å². The highest BCUT2D eigenvalue weighted by Gasteiger charge is 2.13. The first-order valence-electron chi connectivity index (χ1n) is 6.75. The molecule has 21 heavy (non-hydrogen) atoms. The minimum Gasteiger partial charge on any atom is -0.497 e. The molecule has 0 N–H and O–H groups in total. The van der Waals surface area contributed by atoms with Crippen LogP contribution in [0.3, 0.4) is 0 Å². The third-order valence-corrected chi connectivity index (χ3v) is 3.86. The van der Waals surface area contributed by atoms with Gasteiger partial charge in [0.25, 0.3) is 0 Å². The molecule has 0 aliphatic rings. The minimum atomic E-state index is -0.561. The van der Waals surface area contributed by atoms with E-state index in [0.717, 1.165) is 23.8 Å². The fourth-order valence-electron chi connectivity index (χ4n) is 2.27. The van der Waals surface area contributed by atoms with E-state index in [4.69, 9.17) is 16.3 Å². The summed E-state index contributed by atoms with van der Waals surface area (Å²) in [5, 5.41) is 0. The lowest BCUT2D eigenvalue weighted by Crippen LogP contribution is -2.11. The van der Waals surface area contributed by atoms with Crippen molar-refractivity contribution in [3.05, 3.63) is 65.2 Å². The van der Waals surface area contributed by atoms with Gasteiger partial charge in [0.15, 0.2) is 0 Å². The molecule has 112 valence electrons. The summed E-state index contributed by atoms with van der Waals surface area (Å²) in [6.45, 7) is 0. The maximum Gasteiger partial charge on any atom is 0.129 e. The Morgan fingerprint density at radius 1 is 1.05 bits per heavy atom. The third kappa shape index (κ3) is 4.43. The highest BCUT2D eigenvalue weighted by atomic mass is 35.5. The van der Waals surface area contributed by atoms with Gasteiger partial charge in [-0.2, -0.15) is 0 Å². The summed E-state index contributed by atoms with van der Waals surface area (Å²) in [5.41, 5.74) is 1.61. The largest absolute Gasteiger partial charge is 0.497 e. The molecule has 1 nitrogen and oxygen atoms in total. The molecule has 4 heteroatoms. The monoisotopic (exact) mass is 310 g/mol. The van der Waals surface area contributed by atoms with Gasteiger partial charge in [0.1, 0.15) is 17.4 Å². The maximum absolute atomic E-state index is 13.7. The van der Waals surface area contributed by atoms with Gasteiger partial charge < -0.3 is 4.74 Å². The Morgan fingerprint density at radius 3 is 2.33 bits per heavy atom. The van der Waals surface area contributed by atoms with E-state index in [1.54, 1.807) is 7.11 Å². The highest BCUT2D eigenvalue weighted by molar-refractivity contribution is 6.18. The average Bonchev–Trinajstić information content (AvgIpc) is 2.49. The van der Waals surface area contributed by atoms with Gasteiger partial charge in [-0.15, -0.1) is 11.6 Å². The van der Waals surface area contributed by atoms with Gasteiger partial charge in [0.05, 0.1) is 7.11 Å². The molecular formula is C17H17ClF2O. The lowest BCUT2D eigenvalue weighted by atomic mass is 9.94. The van der Waals surface area contributed by atoms with Crippen LogP contribution >= 0.6 is 11.6 Å². The Kier molecular flexibility index (Phi) is 5.57. The lowest BCUT2D eigenvalue weighted by molar-refractivity contribution is 0.414. The molecular weight excluding hydrogens is 294 g/mol. The van der Waals surface area contributed by atoms with Crippen molar-refractivity contribution < 1.29 is 13.5 Å². The lowest BCUT2D eigenvalue weighted by Gasteiger charge is -2.15. The first kappa shape index (κ1) is 15.8. The molecule has 0 amide bonds. The van der Waals surface area contributed by atoms with Crippen LogP contribution in [-0.2, 0) is 12.8 Å². The van der Waals surface area contributed by atoms with E-state index in [2.05, 4.69) is 0 Å². The second-order valence-electron chi connectivity index (χ2n) is 5.01. The van der Waals surface area contributed by atoms with E-state index in [1.165, 1.54) is 12.1 Å². The number of ether oxygens (including phenoxy) is 1. The van der Waals surface area contributed by atoms with Crippen molar-refractivity contribution in [1.29, 1.82) is 0 Å². The van der Waals surface area contributed by atoms with E-state index in [0.29, 0.717) is 17.9 Å². The average molecular weight is 311 g/mol. The molecule has 0 bridgehead atoms. The molecule has 2 aromatic rings. The maximum atomic E-state index is 13.7. The van der Waals surface area contributed by atoms with Crippen molar-refractivity contribution in [3.8, 4) is 5.75 Å². The molecule has 1 unspecified atom stereocenters. The molecule has 0 fully saturated rings. The Hall–Kier alpha value is -1.61. The number of hydrogen-bond acceptors (Lipinski definition) is 1. The van der Waals surface area contributed by atoms with Crippen LogP contribution in [-0.4, -0.2) is 13.0 Å². The van der Waals surface area contributed by atoms with Crippen molar-refractivity contribution >= 4 is 11.6 Å². The Balaban J connectivity index is 2.05. The van der Waals surface area contributed by atoms with E-state index < -0.39 is 11.6 Å². The number of benzene rings is 2. The molecule has 0 aliphatic carbocycles. The van der Waals surface area contributed by atoms with Crippen LogP contribution in [0.1, 0.15) is 11.1 Å². The van der Waals surface area contributed by atoms with Crippen LogP contribution in [0.4, 0.5) is 8.78 Å². The number of rotatable bonds is 6. The summed E-state index contributed by atoms with van der Waals surface area (Å²) in [7, 11) is 1.62. The molecule has 0 aliphatic heterocycles. The van der Waals surface area contributed by atoms with Crippen molar-refractivity contribution in [2.24, 2.45) is 5.92 Å². The van der Waals surface area contributed by atoms with Crippen molar-refractivity contribution in [1.82, 2.24) is 0 Å². The normalized spacial score (nSPS) is 12.2. The summed E-state index contributed by atoms with van der Waals surface area (Å²) in [6.07, 6.45) is 1.23. The SMILES string of the molecule is COc1ccc(CC(CCl)Cc2ccc(F)cc2F)cc1. The molecule has 1 atom stereocenters. The van der Waals surface area contributed by atoms with Crippen molar-refractivity contribution in [2.75, 3.05) is 13.0 Å². The number of hydrogen-bond donors (Lipinski definition) is 0. The third-order valence-electron chi connectivity index (χ3n) is 3.43. The van der Waals surface area contributed by atoms with Crippen LogP contribution in [0.25, 0.3) is 0 Å². The first-order valence-corrected chi connectivity index (χ1v) is 7.28. The number of methoxy groups -OCH3 is 1. The smallest absolute Gasteiger partial charge is 0.129 e. The van der Waals surface area contributed by atoms with Gasteiger partial charge in [-0.05, 0) is 48.1 Å². The first-order chi connectivity index (χ1) is 10.1. The van der Waals surface area contributed by atoms with E-state index in [1.807, 2.05) is 24.3 Å². The Morgan fingerprint density at radius 2 is 1.76 bits per heavy atom. The predicted molar refractivity (Wildman–Crippen MR) is 81.0 cm³/mol.